The summed E-state index contributed by atoms with van der Waals surface area (Å²) in [4.78, 5) is 41.4. The van der Waals surface area contributed by atoms with Gasteiger partial charge in [0.25, 0.3) is 5.91 Å². The number of aromatic amines is 1. The first-order chi connectivity index (χ1) is 12.1. The molecule has 0 aliphatic carbocycles. The van der Waals surface area contributed by atoms with Gasteiger partial charge in [-0.15, -0.1) is 0 Å². The number of methoxy groups -OCH3 is 1. The van der Waals surface area contributed by atoms with Crippen LogP contribution in [-0.2, 0) is 19.0 Å². The molecule has 0 unspecified atom stereocenters. The Morgan fingerprint density at radius 3 is 2.27 bits per heavy atom. The van der Waals surface area contributed by atoms with E-state index in [1.807, 2.05) is 13.8 Å². The number of morpholine rings is 1. The van der Waals surface area contributed by atoms with E-state index in [1.165, 1.54) is 14.0 Å². The third-order valence-electron chi connectivity index (χ3n) is 4.39. The standard InChI is InChI=1S/C18H26N2O6/c1-9-7-20(8-10(2)25-9)16(21)13(5)26-18(23)15-11(3)14(12(4)19-15)17(22)24-6/h9-10,13,19H,7-8H2,1-6H3/t9-,10+,13-/m0/s1. The van der Waals surface area contributed by atoms with Crippen molar-refractivity contribution in [1.82, 2.24) is 9.88 Å². The number of hydrogen-bond donors (Lipinski definition) is 1. The molecule has 0 bridgehead atoms. The second-order valence-corrected chi connectivity index (χ2v) is 6.66. The van der Waals surface area contributed by atoms with Crippen LogP contribution in [0.4, 0.5) is 0 Å². The number of nitrogens with one attached hydrogen (secondary N) is 1. The van der Waals surface area contributed by atoms with E-state index >= 15 is 0 Å². The molecular formula is C18H26N2O6. The first-order valence-electron chi connectivity index (χ1n) is 8.58. The molecule has 8 heteroatoms. The van der Waals surface area contributed by atoms with E-state index in [0.29, 0.717) is 29.9 Å². The van der Waals surface area contributed by atoms with Crippen LogP contribution in [0.15, 0.2) is 0 Å². The van der Waals surface area contributed by atoms with Crippen LogP contribution >= 0.6 is 0 Å². The van der Waals surface area contributed by atoms with E-state index < -0.39 is 18.0 Å². The van der Waals surface area contributed by atoms with Gasteiger partial charge in [-0.25, -0.2) is 9.59 Å². The molecule has 8 nitrogen and oxygen atoms in total. The summed E-state index contributed by atoms with van der Waals surface area (Å²) in [5.74, 6) is -1.49. The molecule has 3 atom stereocenters. The van der Waals surface area contributed by atoms with Crippen molar-refractivity contribution < 1.29 is 28.6 Å². The number of aromatic nitrogens is 1. The quantitative estimate of drug-likeness (QED) is 0.813. The van der Waals surface area contributed by atoms with Gasteiger partial charge in [0.15, 0.2) is 6.10 Å². The van der Waals surface area contributed by atoms with E-state index in [9.17, 15) is 14.4 Å². The summed E-state index contributed by atoms with van der Waals surface area (Å²) in [6.45, 7) is 9.54. The fourth-order valence-corrected chi connectivity index (χ4v) is 3.25. The third kappa shape index (κ3) is 4.07. The number of hydrogen-bond acceptors (Lipinski definition) is 6. The van der Waals surface area contributed by atoms with Gasteiger partial charge >= 0.3 is 11.9 Å². The number of rotatable bonds is 4. The zero-order valence-corrected chi connectivity index (χ0v) is 16.0. The molecular weight excluding hydrogens is 340 g/mol. The highest BCUT2D eigenvalue weighted by Crippen LogP contribution is 2.20. The normalized spacial score (nSPS) is 21.2. The minimum absolute atomic E-state index is 0.0680. The van der Waals surface area contributed by atoms with Crippen LogP contribution in [0.5, 0.6) is 0 Å². The second kappa shape index (κ2) is 7.90. The van der Waals surface area contributed by atoms with E-state index in [1.54, 1.807) is 18.7 Å². The van der Waals surface area contributed by atoms with Crippen molar-refractivity contribution in [3.63, 3.8) is 0 Å². The molecule has 144 valence electrons. The van der Waals surface area contributed by atoms with Gasteiger partial charge in [-0.2, -0.15) is 0 Å². The average Bonchev–Trinajstić information content (AvgIpc) is 2.87. The molecule has 0 aromatic carbocycles. The number of H-pyrrole nitrogens is 1. The number of carbonyl (C=O) groups excluding carboxylic acids is 3. The van der Waals surface area contributed by atoms with Gasteiger partial charge in [-0.05, 0) is 40.2 Å². The van der Waals surface area contributed by atoms with Crippen molar-refractivity contribution in [2.45, 2.75) is 52.9 Å². The molecule has 0 spiro atoms. The van der Waals surface area contributed by atoms with Gasteiger partial charge in [0, 0.05) is 18.8 Å². The number of aryl methyl sites for hydroxylation is 1. The Morgan fingerprint density at radius 1 is 1.15 bits per heavy atom. The second-order valence-electron chi connectivity index (χ2n) is 6.66. The minimum Gasteiger partial charge on any atom is -0.465 e. The van der Waals surface area contributed by atoms with Crippen LogP contribution in [-0.4, -0.2) is 66.2 Å². The van der Waals surface area contributed by atoms with Crippen molar-refractivity contribution in [2.75, 3.05) is 20.2 Å². The maximum atomic E-state index is 12.6. The molecule has 1 aliphatic heterocycles. The highest BCUT2D eigenvalue weighted by molar-refractivity contribution is 5.99. The summed E-state index contributed by atoms with van der Waals surface area (Å²) in [6, 6.07) is 0. The monoisotopic (exact) mass is 366 g/mol. The number of ether oxygens (including phenoxy) is 3. The van der Waals surface area contributed by atoms with Gasteiger partial charge < -0.3 is 24.1 Å². The first kappa shape index (κ1) is 20.0. The summed E-state index contributed by atoms with van der Waals surface area (Å²) in [7, 11) is 1.28. The molecule has 1 aromatic rings. The Hall–Kier alpha value is -2.35. The Kier molecular flexibility index (Phi) is 6.07. The number of carbonyl (C=O) groups is 3. The molecule has 2 rings (SSSR count). The molecule has 1 N–H and O–H groups in total. The number of nitrogens with zero attached hydrogens (tertiary/aromatic N) is 1. The lowest BCUT2D eigenvalue weighted by atomic mass is 10.1. The predicted octanol–water partition coefficient (Wildman–Crippen LogP) is 1.60. The van der Waals surface area contributed by atoms with Crippen molar-refractivity contribution in [3.8, 4) is 0 Å². The lowest BCUT2D eigenvalue weighted by molar-refractivity contribution is -0.151. The fourth-order valence-electron chi connectivity index (χ4n) is 3.25. The van der Waals surface area contributed by atoms with Gasteiger partial charge in [0.1, 0.15) is 5.69 Å². The molecule has 1 saturated heterocycles. The highest BCUT2D eigenvalue weighted by atomic mass is 16.5. The molecule has 2 heterocycles. The Balaban J connectivity index is 2.10. The average molecular weight is 366 g/mol. The van der Waals surface area contributed by atoms with Crippen molar-refractivity contribution in [1.29, 1.82) is 0 Å². The Morgan fingerprint density at radius 2 is 1.73 bits per heavy atom. The topological polar surface area (TPSA) is 97.9 Å². The van der Waals surface area contributed by atoms with Crippen molar-refractivity contribution in [2.24, 2.45) is 0 Å². The Labute approximate surface area is 152 Å². The first-order valence-corrected chi connectivity index (χ1v) is 8.58. The Bertz CT molecular complexity index is 701. The van der Waals surface area contributed by atoms with E-state index in [4.69, 9.17) is 14.2 Å². The number of amides is 1. The van der Waals surface area contributed by atoms with Crippen molar-refractivity contribution >= 4 is 17.8 Å². The maximum absolute atomic E-state index is 12.6. The van der Waals surface area contributed by atoms with Gasteiger partial charge in [-0.3, -0.25) is 4.79 Å². The molecule has 1 aromatic heterocycles. The molecule has 26 heavy (non-hydrogen) atoms. The molecule has 1 fully saturated rings. The third-order valence-corrected chi connectivity index (χ3v) is 4.39. The number of esters is 2. The predicted molar refractivity (Wildman–Crippen MR) is 93.1 cm³/mol. The van der Waals surface area contributed by atoms with E-state index in [2.05, 4.69) is 4.98 Å². The smallest absolute Gasteiger partial charge is 0.355 e. The van der Waals surface area contributed by atoms with Gasteiger partial charge in [0.2, 0.25) is 0 Å². The molecule has 0 radical (unpaired) electrons. The lowest BCUT2D eigenvalue weighted by Gasteiger charge is -2.36. The van der Waals surface area contributed by atoms with Crippen LogP contribution in [0.25, 0.3) is 0 Å². The fraction of sp³-hybridized carbons (Fsp3) is 0.611. The van der Waals surface area contributed by atoms with Gasteiger partial charge in [0.05, 0.1) is 24.9 Å². The zero-order chi connectivity index (χ0) is 19.6. The van der Waals surface area contributed by atoms with Crippen molar-refractivity contribution in [3.05, 3.63) is 22.5 Å². The molecule has 0 saturated carbocycles. The van der Waals surface area contributed by atoms with E-state index in [0.717, 1.165) is 0 Å². The van der Waals surface area contributed by atoms with Crippen LogP contribution in [0.1, 0.15) is 52.9 Å². The highest BCUT2D eigenvalue weighted by Gasteiger charge is 2.31. The molecule has 1 aliphatic rings. The van der Waals surface area contributed by atoms with Crippen LogP contribution in [0, 0.1) is 13.8 Å². The molecule has 1 amide bonds. The van der Waals surface area contributed by atoms with Crippen LogP contribution in [0.2, 0.25) is 0 Å². The van der Waals surface area contributed by atoms with Crippen LogP contribution in [0.3, 0.4) is 0 Å². The SMILES string of the molecule is COC(=O)c1c(C)[nH]c(C(=O)O[C@@H](C)C(=O)N2C[C@@H](C)O[C@@H](C)C2)c1C. The summed E-state index contributed by atoms with van der Waals surface area (Å²) >= 11 is 0. The van der Waals surface area contributed by atoms with Crippen LogP contribution < -0.4 is 0 Å². The lowest BCUT2D eigenvalue weighted by Crippen LogP contribution is -2.51. The van der Waals surface area contributed by atoms with Gasteiger partial charge in [-0.1, -0.05) is 0 Å². The zero-order valence-electron chi connectivity index (χ0n) is 16.0. The largest absolute Gasteiger partial charge is 0.465 e. The summed E-state index contributed by atoms with van der Waals surface area (Å²) < 4.78 is 15.7. The summed E-state index contributed by atoms with van der Waals surface area (Å²) in [5.41, 5.74) is 1.39. The summed E-state index contributed by atoms with van der Waals surface area (Å²) in [6.07, 6.45) is -1.08. The van der Waals surface area contributed by atoms with E-state index in [-0.39, 0.29) is 23.8 Å². The maximum Gasteiger partial charge on any atom is 0.355 e. The summed E-state index contributed by atoms with van der Waals surface area (Å²) in [5, 5.41) is 0. The minimum atomic E-state index is -0.940.